The molecule has 2 fully saturated rings. The van der Waals surface area contributed by atoms with Gasteiger partial charge in [-0.25, -0.2) is 4.68 Å². The fraction of sp³-hybridized carbons (Fsp3) is 0.778. The van der Waals surface area contributed by atoms with Gasteiger partial charge in [-0.05, 0) is 26.2 Å². The van der Waals surface area contributed by atoms with Gasteiger partial charge in [0.2, 0.25) is 5.91 Å². The standard InChI is InChI=1S/C18H31N5O2/c1-3-8-23-17(4-7-19-23)20-18(24)14-21-9-5-16(6-10-21)22-11-12-25-15(2)13-22/h4,7,15-16H,3,5-6,8-14H2,1-2H3,(H,20,24)/t15-/m0/s1. The van der Waals surface area contributed by atoms with Gasteiger partial charge in [0.05, 0.1) is 25.5 Å². The van der Waals surface area contributed by atoms with Crippen LogP contribution >= 0.6 is 0 Å². The molecule has 0 unspecified atom stereocenters. The molecule has 7 nitrogen and oxygen atoms in total. The molecule has 0 bridgehead atoms. The molecule has 3 rings (SSSR count). The van der Waals surface area contributed by atoms with Crippen LogP contribution in [0.3, 0.4) is 0 Å². The lowest BCUT2D eigenvalue weighted by molar-refractivity contribution is -0.117. The van der Waals surface area contributed by atoms with Crippen LogP contribution in [-0.2, 0) is 16.1 Å². The summed E-state index contributed by atoms with van der Waals surface area (Å²) in [5, 5.41) is 7.24. The van der Waals surface area contributed by atoms with Crippen molar-refractivity contribution in [2.45, 2.75) is 51.8 Å². The van der Waals surface area contributed by atoms with E-state index in [1.165, 1.54) is 0 Å². The molecule has 0 radical (unpaired) electrons. The van der Waals surface area contributed by atoms with Crippen molar-refractivity contribution in [3.8, 4) is 0 Å². The van der Waals surface area contributed by atoms with Crippen molar-refractivity contribution in [3.05, 3.63) is 12.3 Å². The maximum Gasteiger partial charge on any atom is 0.239 e. The summed E-state index contributed by atoms with van der Waals surface area (Å²) < 4.78 is 7.49. The van der Waals surface area contributed by atoms with Gasteiger partial charge in [0.25, 0.3) is 0 Å². The number of carbonyl (C=O) groups excluding carboxylic acids is 1. The lowest BCUT2D eigenvalue weighted by Gasteiger charge is -2.41. The average Bonchev–Trinajstić information content (AvgIpc) is 3.03. The fourth-order valence-electron chi connectivity index (χ4n) is 3.83. The Bertz CT molecular complexity index is 553. The van der Waals surface area contributed by atoms with Crippen molar-refractivity contribution in [1.82, 2.24) is 19.6 Å². The number of likely N-dealkylation sites (tertiary alicyclic amines) is 1. The molecule has 1 N–H and O–H groups in total. The van der Waals surface area contributed by atoms with Crippen molar-refractivity contribution in [3.63, 3.8) is 0 Å². The van der Waals surface area contributed by atoms with Crippen molar-refractivity contribution < 1.29 is 9.53 Å². The van der Waals surface area contributed by atoms with Crippen LogP contribution in [0.4, 0.5) is 5.82 Å². The van der Waals surface area contributed by atoms with Crippen LogP contribution in [0.25, 0.3) is 0 Å². The Hall–Kier alpha value is -1.44. The van der Waals surface area contributed by atoms with E-state index < -0.39 is 0 Å². The number of aromatic nitrogens is 2. The third kappa shape index (κ3) is 5.03. The molecule has 0 aliphatic carbocycles. The molecule has 3 heterocycles. The maximum atomic E-state index is 12.3. The molecule has 2 aliphatic rings. The minimum atomic E-state index is 0.0521. The third-order valence-corrected chi connectivity index (χ3v) is 5.13. The van der Waals surface area contributed by atoms with Gasteiger partial charge in [-0.15, -0.1) is 0 Å². The van der Waals surface area contributed by atoms with Gasteiger partial charge < -0.3 is 10.1 Å². The minimum absolute atomic E-state index is 0.0521. The normalized spacial score (nSPS) is 23.7. The average molecular weight is 349 g/mol. The van der Waals surface area contributed by atoms with E-state index in [0.717, 1.165) is 64.4 Å². The van der Waals surface area contributed by atoms with E-state index >= 15 is 0 Å². The molecular weight excluding hydrogens is 318 g/mol. The summed E-state index contributed by atoms with van der Waals surface area (Å²) in [6, 6.07) is 2.50. The van der Waals surface area contributed by atoms with Gasteiger partial charge in [0.1, 0.15) is 5.82 Å². The van der Waals surface area contributed by atoms with Crippen LogP contribution in [0.5, 0.6) is 0 Å². The summed E-state index contributed by atoms with van der Waals surface area (Å²) in [6.45, 7) is 10.4. The first-order valence-corrected chi connectivity index (χ1v) is 9.55. The molecule has 0 saturated carbocycles. The Morgan fingerprint density at radius 2 is 2.16 bits per heavy atom. The van der Waals surface area contributed by atoms with Crippen molar-refractivity contribution >= 4 is 11.7 Å². The van der Waals surface area contributed by atoms with Crippen LogP contribution in [0.2, 0.25) is 0 Å². The number of ether oxygens (including phenoxy) is 1. The van der Waals surface area contributed by atoms with Crippen LogP contribution in [0, 0.1) is 0 Å². The van der Waals surface area contributed by atoms with Crippen LogP contribution in [0.1, 0.15) is 33.1 Å². The molecule has 0 aromatic carbocycles. The highest BCUT2D eigenvalue weighted by molar-refractivity contribution is 5.91. The maximum absolute atomic E-state index is 12.3. The second-order valence-corrected chi connectivity index (χ2v) is 7.17. The van der Waals surface area contributed by atoms with Gasteiger partial charge >= 0.3 is 0 Å². The quantitative estimate of drug-likeness (QED) is 0.841. The highest BCUT2D eigenvalue weighted by Crippen LogP contribution is 2.19. The van der Waals surface area contributed by atoms with Crippen molar-refractivity contribution in [1.29, 1.82) is 0 Å². The van der Waals surface area contributed by atoms with Gasteiger partial charge in [-0.3, -0.25) is 14.6 Å². The summed E-state index contributed by atoms with van der Waals surface area (Å²) in [7, 11) is 0. The number of piperidine rings is 1. The van der Waals surface area contributed by atoms with E-state index in [-0.39, 0.29) is 5.91 Å². The predicted molar refractivity (Wildman–Crippen MR) is 97.6 cm³/mol. The summed E-state index contributed by atoms with van der Waals surface area (Å²) in [6.07, 6.45) is 5.34. The first kappa shape index (κ1) is 18.4. The zero-order valence-electron chi connectivity index (χ0n) is 15.5. The third-order valence-electron chi connectivity index (χ3n) is 5.13. The van der Waals surface area contributed by atoms with Crippen molar-refractivity contribution in [2.75, 3.05) is 44.6 Å². The number of nitrogens with zero attached hydrogens (tertiary/aromatic N) is 4. The highest BCUT2D eigenvalue weighted by atomic mass is 16.5. The van der Waals surface area contributed by atoms with Crippen LogP contribution in [-0.4, -0.2) is 77.0 Å². The molecule has 1 amide bonds. The number of rotatable bonds is 6. The van der Waals surface area contributed by atoms with E-state index in [1.807, 2.05) is 10.7 Å². The van der Waals surface area contributed by atoms with Gasteiger partial charge in [0.15, 0.2) is 0 Å². The minimum Gasteiger partial charge on any atom is -0.376 e. The number of carbonyl (C=O) groups is 1. The van der Waals surface area contributed by atoms with E-state index in [2.05, 4.69) is 34.1 Å². The first-order chi connectivity index (χ1) is 12.2. The number of amides is 1. The summed E-state index contributed by atoms with van der Waals surface area (Å²) >= 11 is 0. The molecule has 2 aliphatic heterocycles. The number of hydrogen-bond donors (Lipinski definition) is 1. The Labute approximate surface area is 150 Å². The molecule has 1 atom stereocenters. The largest absolute Gasteiger partial charge is 0.376 e. The zero-order chi connectivity index (χ0) is 17.6. The Morgan fingerprint density at radius 3 is 2.88 bits per heavy atom. The van der Waals surface area contributed by atoms with E-state index in [4.69, 9.17) is 4.74 Å². The predicted octanol–water partition coefficient (Wildman–Crippen LogP) is 1.42. The molecule has 140 valence electrons. The number of morpholine rings is 1. The van der Waals surface area contributed by atoms with Gasteiger partial charge in [-0.2, -0.15) is 5.10 Å². The second kappa shape index (κ2) is 8.78. The molecule has 1 aromatic rings. The monoisotopic (exact) mass is 349 g/mol. The molecule has 7 heteroatoms. The highest BCUT2D eigenvalue weighted by Gasteiger charge is 2.28. The summed E-state index contributed by atoms with van der Waals surface area (Å²) in [4.78, 5) is 17.2. The SMILES string of the molecule is CCCn1nccc1NC(=O)CN1CCC(N2CCO[C@@H](C)C2)CC1. The van der Waals surface area contributed by atoms with E-state index in [1.54, 1.807) is 6.20 Å². The zero-order valence-corrected chi connectivity index (χ0v) is 15.5. The number of nitrogens with one attached hydrogen (secondary N) is 1. The van der Waals surface area contributed by atoms with Crippen LogP contribution in [0.15, 0.2) is 12.3 Å². The molecule has 2 saturated heterocycles. The topological polar surface area (TPSA) is 62.6 Å². The Balaban J connectivity index is 1.42. The number of hydrogen-bond acceptors (Lipinski definition) is 5. The van der Waals surface area contributed by atoms with Crippen LogP contribution < -0.4 is 5.32 Å². The van der Waals surface area contributed by atoms with E-state index in [0.29, 0.717) is 18.7 Å². The lowest BCUT2D eigenvalue weighted by Crippen LogP contribution is -2.51. The van der Waals surface area contributed by atoms with E-state index in [9.17, 15) is 4.79 Å². The summed E-state index contributed by atoms with van der Waals surface area (Å²) in [5.41, 5.74) is 0. The van der Waals surface area contributed by atoms with Gasteiger partial charge in [0, 0.05) is 44.8 Å². The molecule has 0 spiro atoms. The smallest absolute Gasteiger partial charge is 0.239 e. The molecule has 25 heavy (non-hydrogen) atoms. The molecular formula is C18H31N5O2. The first-order valence-electron chi connectivity index (χ1n) is 9.55. The van der Waals surface area contributed by atoms with Crippen molar-refractivity contribution in [2.24, 2.45) is 0 Å². The summed E-state index contributed by atoms with van der Waals surface area (Å²) in [5.74, 6) is 0.848. The lowest BCUT2D eigenvalue weighted by atomic mass is 10.0. The number of aryl methyl sites for hydroxylation is 1. The van der Waals surface area contributed by atoms with Gasteiger partial charge in [-0.1, -0.05) is 6.92 Å². The second-order valence-electron chi connectivity index (χ2n) is 7.17. The molecule has 1 aromatic heterocycles. The fourth-order valence-corrected chi connectivity index (χ4v) is 3.83. The Kier molecular flexibility index (Phi) is 6.45. The Morgan fingerprint density at radius 1 is 1.36 bits per heavy atom. The number of anilines is 1.